The van der Waals surface area contributed by atoms with Crippen molar-refractivity contribution in [2.75, 3.05) is 0 Å². The Morgan fingerprint density at radius 1 is 1.64 bits per heavy atom. The van der Waals surface area contributed by atoms with Crippen LogP contribution in [0, 0.1) is 0 Å². The predicted octanol–water partition coefficient (Wildman–Crippen LogP) is 2.17. The van der Waals surface area contributed by atoms with Crippen LogP contribution in [0.5, 0.6) is 0 Å². The van der Waals surface area contributed by atoms with Crippen LogP contribution in [0.3, 0.4) is 0 Å². The maximum absolute atomic E-state index is 10.8. The smallest absolute Gasteiger partial charge is 0.310 e. The zero-order valence-corrected chi connectivity index (χ0v) is 6.67. The van der Waals surface area contributed by atoms with E-state index in [0.717, 1.165) is 12.8 Å². The second-order valence-corrected chi connectivity index (χ2v) is 2.41. The summed E-state index contributed by atoms with van der Waals surface area (Å²) >= 11 is 0. The Morgan fingerprint density at radius 2 is 2.45 bits per heavy atom. The Kier molecular flexibility index (Phi) is 2.90. The Hall–Kier alpha value is -1.05. The topological polar surface area (TPSA) is 26.3 Å². The summed E-state index contributed by atoms with van der Waals surface area (Å²) in [5.41, 5.74) is 0. The first kappa shape index (κ1) is 8.05. The van der Waals surface area contributed by atoms with Gasteiger partial charge in [-0.1, -0.05) is 13.0 Å². The lowest BCUT2D eigenvalue weighted by atomic mass is 10.2. The van der Waals surface area contributed by atoms with Crippen molar-refractivity contribution in [1.82, 2.24) is 0 Å². The van der Waals surface area contributed by atoms with Crippen LogP contribution in [-0.4, -0.2) is 5.97 Å². The van der Waals surface area contributed by atoms with Crippen molar-refractivity contribution in [3.05, 3.63) is 24.0 Å². The maximum atomic E-state index is 10.8. The third kappa shape index (κ3) is 2.58. The van der Waals surface area contributed by atoms with Crippen LogP contribution in [0.2, 0.25) is 0 Å². The lowest BCUT2D eigenvalue weighted by Gasteiger charge is -2.05. The van der Waals surface area contributed by atoms with Crippen molar-refractivity contribution in [2.24, 2.45) is 0 Å². The lowest BCUT2D eigenvalue weighted by molar-refractivity contribution is -0.138. The molecule has 0 aromatic carbocycles. The molecule has 0 aliphatic heterocycles. The monoisotopic (exact) mass is 152 g/mol. The second kappa shape index (κ2) is 3.96. The number of rotatable bonds is 2. The summed E-state index contributed by atoms with van der Waals surface area (Å²) in [6.07, 6.45) is 8.25. The molecule has 0 fully saturated rings. The van der Waals surface area contributed by atoms with Crippen LogP contribution < -0.4 is 0 Å². The van der Waals surface area contributed by atoms with E-state index in [1.807, 2.05) is 18.2 Å². The van der Waals surface area contributed by atoms with E-state index in [-0.39, 0.29) is 5.97 Å². The molecule has 0 heterocycles. The molecule has 11 heavy (non-hydrogen) atoms. The quantitative estimate of drug-likeness (QED) is 0.567. The largest absolute Gasteiger partial charge is 0.427 e. The molecule has 2 heteroatoms. The highest BCUT2D eigenvalue weighted by atomic mass is 16.5. The highest BCUT2D eigenvalue weighted by Gasteiger charge is 2.02. The van der Waals surface area contributed by atoms with E-state index in [2.05, 4.69) is 0 Å². The normalized spacial score (nSPS) is 15.9. The van der Waals surface area contributed by atoms with Gasteiger partial charge >= 0.3 is 5.97 Å². The van der Waals surface area contributed by atoms with Gasteiger partial charge < -0.3 is 4.74 Å². The van der Waals surface area contributed by atoms with Crippen molar-refractivity contribution < 1.29 is 9.53 Å². The fraction of sp³-hybridized carbons (Fsp3) is 0.444. The summed E-state index contributed by atoms with van der Waals surface area (Å²) in [7, 11) is 0. The first-order valence-electron chi connectivity index (χ1n) is 3.90. The second-order valence-electron chi connectivity index (χ2n) is 2.41. The van der Waals surface area contributed by atoms with Gasteiger partial charge in [0.05, 0.1) is 0 Å². The van der Waals surface area contributed by atoms with Crippen molar-refractivity contribution in [3.63, 3.8) is 0 Å². The number of carbonyl (C=O) groups is 1. The molecule has 1 aliphatic carbocycles. The molecule has 0 bridgehead atoms. The molecule has 0 amide bonds. The molecule has 0 saturated heterocycles. The Labute approximate surface area is 66.5 Å². The fourth-order valence-corrected chi connectivity index (χ4v) is 0.869. The average molecular weight is 152 g/mol. The predicted molar refractivity (Wildman–Crippen MR) is 42.8 cm³/mol. The number of esters is 1. The highest BCUT2D eigenvalue weighted by Crippen LogP contribution is 2.11. The molecule has 60 valence electrons. The van der Waals surface area contributed by atoms with E-state index in [1.165, 1.54) is 0 Å². The molecule has 0 spiro atoms. The van der Waals surface area contributed by atoms with Gasteiger partial charge in [-0.2, -0.15) is 0 Å². The molecular formula is C9H12O2. The summed E-state index contributed by atoms with van der Waals surface area (Å²) in [4.78, 5) is 10.8. The van der Waals surface area contributed by atoms with E-state index < -0.39 is 0 Å². The van der Waals surface area contributed by atoms with Gasteiger partial charge in [0.2, 0.25) is 0 Å². The van der Waals surface area contributed by atoms with Gasteiger partial charge in [-0.05, 0) is 25.0 Å². The number of ether oxygens (including phenoxy) is 1. The molecule has 0 saturated carbocycles. The molecule has 0 radical (unpaired) electrons. The molecule has 0 atom stereocenters. The SMILES string of the molecule is CCC(=O)OC1=CCCC=C1. The highest BCUT2D eigenvalue weighted by molar-refractivity contribution is 5.70. The van der Waals surface area contributed by atoms with Gasteiger partial charge in [-0.25, -0.2) is 0 Å². The van der Waals surface area contributed by atoms with E-state index >= 15 is 0 Å². The van der Waals surface area contributed by atoms with Crippen molar-refractivity contribution >= 4 is 5.97 Å². The van der Waals surface area contributed by atoms with Crippen LogP contribution >= 0.6 is 0 Å². The minimum atomic E-state index is -0.164. The Balaban J connectivity index is 2.42. The van der Waals surface area contributed by atoms with Crippen LogP contribution in [0.1, 0.15) is 26.2 Å². The van der Waals surface area contributed by atoms with E-state index in [1.54, 1.807) is 6.92 Å². The molecule has 0 aromatic heterocycles. The minimum Gasteiger partial charge on any atom is -0.427 e. The maximum Gasteiger partial charge on any atom is 0.310 e. The Morgan fingerprint density at radius 3 is 3.00 bits per heavy atom. The molecule has 0 N–H and O–H groups in total. The molecular weight excluding hydrogens is 140 g/mol. The number of hydrogen-bond donors (Lipinski definition) is 0. The molecule has 1 rings (SSSR count). The zero-order valence-electron chi connectivity index (χ0n) is 6.67. The summed E-state index contributed by atoms with van der Waals surface area (Å²) in [5, 5.41) is 0. The van der Waals surface area contributed by atoms with Crippen molar-refractivity contribution in [1.29, 1.82) is 0 Å². The third-order valence-electron chi connectivity index (χ3n) is 1.48. The zero-order chi connectivity index (χ0) is 8.10. The van der Waals surface area contributed by atoms with E-state index in [4.69, 9.17) is 4.74 Å². The molecule has 1 aliphatic rings. The van der Waals surface area contributed by atoms with Crippen molar-refractivity contribution in [2.45, 2.75) is 26.2 Å². The van der Waals surface area contributed by atoms with Gasteiger partial charge in [0.1, 0.15) is 5.76 Å². The summed E-state index contributed by atoms with van der Waals surface area (Å²) in [5.74, 6) is 0.533. The summed E-state index contributed by atoms with van der Waals surface area (Å²) in [6.45, 7) is 1.79. The Bertz CT molecular complexity index is 202. The van der Waals surface area contributed by atoms with Gasteiger partial charge in [-0.3, -0.25) is 4.79 Å². The number of hydrogen-bond acceptors (Lipinski definition) is 2. The number of carbonyl (C=O) groups excluding carboxylic acids is 1. The minimum absolute atomic E-state index is 0.164. The standard InChI is InChI=1S/C9H12O2/c1-2-9(10)11-8-6-4-3-5-7-8/h4,6-7H,2-3,5H2,1H3. The summed E-state index contributed by atoms with van der Waals surface area (Å²) in [6, 6.07) is 0. The third-order valence-corrected chi connectivity index (χ3v) is 1.48. The number of allylic oxidation sites excluding steroid dienone is 3. The average Bonchev–Trinajstić information content (AvgIpc) is 2.06. The van der Waals surface area contributed by atoms with Crippen LogP contribution in [0.15, 0.2) is 24.0 Å². The van der Waals surface area contributed by atoms with E-state index in [0.29, 0.717) is 12.2 Å². The van der Waals surface area contributed by atoms with Crippen LogP contribution in [0.25, 0.3) is 0 Å². The van der Waals surface area contributed by atoms with Crippen molar-refractivity contribution in [3.8, 4) is 0 Å². The van der Waals surface area contributed by atoms with Gasteiger partial charge in [0.15, 0.2) is 0 Å². The lowest BCUT2D eigenvalue weighted by Crippen LogP contribution is -2.01. The fourth-order valence-electron chi connectivity index (χ4n) is 0.869. The summed E-state index contributed by atoms with van der Waals surface area (Å²) < 4.78 is 4.98. The van der Waals surface area contributed by atoms with Gasteiger partial charge in [-0.15, -0.1) is 0 Å². The van der Waals surface area contributed by atoms with Crippen LogP contribution in [0.4, 0.5) is 0 Å². The van der Waals surface area contributed by atoms with Gasteiger partial charge in [0, 0.05) is 6.42 Å². The molecule has 0 aromatic rings. The first-order valence-corrected chi connectivity index (χ1v) is 3.90. The molecule has 2 nitrogen and oxygen atoms in total. The molecule has 0 unspecified atom stereocenters. The van der Waals surface area contributed by atoms with Crippen LogP contribution in [-0.2, 0) is 9.53 Å². The van der Waals surface area contributed by atoms with E-state index in [9.17, 15) is 4.79 Å². The first-order chi connectivity index (χ1) is 5.33. The van der Waals surface area contributed by atoms with Gasteiger partial charge in [0.25, 0.3) is 0 Å².